The molecular formula is C20H19F4N5O2S. The molecule has 2 atom stereocenters. The Morgan fingerprint density at radius 3 is 2.53 bits per heavy atom. The van der Waals surface area contributed by atoms with Crippen LogP contribution in [-0.4, -0.2) is 46.4 Å². The molecule has 32 heavy (non-hydrogen) atoms. The number of alkyl halides is 3. The topological polar surface area (TPSA) is 80.1 Å². The molecule has 0 bridgehead atoms. The Bertz CT molecular complexity index is 1230. The number of aryl methyl sites for hydroxylation is 1. The van der Waals surface area contributed by atoms with Crippen molar-refractivity contribution in [2.75, 3.05) is 18.4 Å². The number of aromatic nitrogens is 3. The second-order valence-corrected chi connectivity index (χ2v) is 9.39. The first kappa shape index (κ1) is 22.2. The molecule has 1 aliphatic heterocycles. The van der Waals surface area contributed by atoms with Gasteiger partial charge in [0.05, 0.1) is 6.33 Å². The largest absolute Gasteiger partial charge is 0.433 e. The Morgan fingerprint density at radius 1 is 1.12 bits per heavy atom. The quantitative estimate of drug-likeness (QED) is 0.581. The van der Waals surface area contributed by atoms with Crippen LogP contribution in [0.5, 0.6) is 0 Å². The van der Waals surface area contributed by atoms with Crippen LogP contribution in [0.3, 0.4) is 0 Å². The molecule has 3 heterocycles. The standard InChI is InChI=1S/C20H19F4N5O2S/c1-28-11-19(26-12-28)32(30,31)29-9-15(14-4-2-3-5-16(14)21)17(10-29)27-13-6-7-25-18(8-13)20(22,23)24/h2-8,11-12,15,17H,9-10H2,1H3,(H,25,27)/t15-,17+/m1/s1. The Hall–Kier alpha value is -2.99. The molecule has 0 amide bonds. The Morgan fingerprint density at radius 2 is 1.88 bits per heavy atom. The van der Waals surface area contributed by atoms with Crippen LogP contribution in [0.25, 0.3) is 0 Å². The SMILES string of the molecule is Cn1cnc(S(=O)(=O)N2C[C@H](Nc3ccnc(C(F)(F)F)c3)[C@@H](c3ccccc3F)C2)c1. The van der Waals surface area contributed by atoms with Crippen molar-refractivity contribution >= 4 is 15.7 Å². The third kappa shape index (κ3) is 4.32. The normalized spacial score (nSPS) is 19.9. The maximum atomic E-state index is 14.6. The van der Waals surface area contributed by atoms with Crippen molar-refractivity contribution in [3.8, 4) is 0 Å². The summed E-state index contributed by atoms with van der Waals surface area (Å²) in [4.78, 5) is 7.23. The van der Waals surface area contributed by atoms with E-state index in [1.807, 2.05) is 0 Å². The Kier molecular flexibility index (Phi) is 5.67. The molecule has 0 saturated carbocycles. The number of halogens is 4. The number of pyridine rings is 1. The van der Waals surface area contributed by atoms with E-state index in [1.165, 1.54) is 35.3 Å². The number of rotatable bonds is 5. The molecule has 3 aromatic rings. The maximum absolute atomic E-state index is 14.6. The Labute approximate surface area is 181 Å². The number of benzene rings is 1. The van der Waals surface area contributed by atoms with Gasteiger partial charge >= 0.3 is 6.18 Å². The average Bonchev–Trinajstić information content (AvgIpc) is 3.35. The lowest BCUT2D eigenvalue weighted by Crippen LogP contribution is -2.32. The second kappa shape index (κ2) is 8.17. The van der Waals surface area contributed by atoms with Crippen LogP contribution in [0.1, 0.15) is 17.2 Å². The minimum atomic E-state index is -4.63. The number of imidazole rings is 1. The monoisotopic (exact) mass is 469 g/mol. The summed E-state index contributed by atoms with van der Waals surface area (Å²) in [6.07, 6.45) is -0.914. The minimum absolute atomic E-state index is 0.0608. The highest BCUT2D eigenvalue weighted by molar-refractivity contribution is 7.89. The van der Waals surface area contributed by atoms with Gasteiger partial charge in [-0.2, -0.15) is 17.5 Å². The van der Waals surface area contributed by atoms with E-state index < -0.39 is 39.7 Å². The van der Waals surface area contributed by atoms with Gasteiger partial charge in [-0.05, 0) is 23.8 Å². The zero-order chi connectivity index (χ0) is 23.1. The fourth-order valence-corrected chi connectivity index (χ4v) is 5.20. The molecule has 170 valence electrons. The van der Waals surface area contributed by atoms with Crippen LogP contribution in [0.2, 0.25) is 0 Å². The van der Waals surface area contributed by atoms with Crippen LogP contribution in [0.15, 0.2) is 60.1 Å². The molecule has 7 nitrogen and oxygen atoms in total. The zero-order valence-corrected chi connectivity index (χ0v) is 17.6. The molecule has 4 rings (SSSR count). The second-order valence-electron chi connectivity index (χ2n) is 7.51. The lowest BCUT2D eigenvalue weighted by Gasteiger charge is -2.22. The van der Waals surface area contributed by atoms with Gasteiger partial charge in [-0.15, -0.1) is 0 Å². The number of nitrogens with zero attached hydrogens (tertiary/aromatic N) is 4. The van der Waals surface area contributed by atoms with E-state index in [0.717, 1.165) is 16.6 Å². The first-order valence-corrected chi connectivity index (χ1v) is 11.0. The van der Waals surface area contributed by atoms with E-state index in [0.29, 0.717) is 0 Å². The fourth-order valence-electron chi connectivity index (χ4n) is 3.74. The summed E-state index contributed by atoms with van der Waals surface area (Å²) >= 11 is 0. The van der Waals surface area contributed by atoms with Crippen LogP contribution in [-0.2, 0) is 23.2 Å². The summed E-state index contributed by atoms with van der Waals surface area (Å²) in [5.74, 6) is -1.16. The van der Waals surface area contributed by atoms with E-state index in [-0.39, 0.29) is 29.4 Å². The molecule has 0 radical (unpaired) electrons. The van der Waals surface area contributed by atoms with Crippen LogP contribution in [0, 0.1) is 5.82 Å². The van der Waals surface area contributed by atoms with Crippen molar-refractivity contribution in [3.05, 3.63) is 72.2 Å². The molecule has 2 aromatic heterocycles. The van der Waals surface area contributed by atoms with Crippen molar-refractivity contribution in [3.63, 3.8) is 0 Å². The molecule has 1 aliphatic rings. The molecule has 12 heteroatoms. The van der Waals surface area contributed by atoms with Crippen LogP contribution < -0.4 is 5.32 Å². The van der Waals surface area contributed by atoms with Crippen LogP contribution in [0.4, 0.5) is 23.2 Å². The van der Waals surface area contributed by atoms with Gasteiger partial charge in [0.1, 0.15) is 11.5 Å². The highest BCUT2D eigenvalue weighted by Gasteiger charge is 2.42. The van der Waals surface area contributed by atoms with Crippen molar-refractivity contribution < 1.29 is 26.0 Å². The summed E-state index contributed by atoms with van der Waals surface area (Å²) < 4.78 is 82.5. The van der Waals surface area contributed by atoms with Crippen LogP contribution >= 0.6 is 0 Å². The van der Waals surface area contributed by atoms with Gasteiger partial charge < -0.3 is 9.88 Å². The molecular weight excluding hydrogens is 450 g/mol. The van der Waals surface area contributed by atoms with Gasteiger partial charge in [-0.25, -0.2) is 17.8 Å². The predicted molar refractivity (Wildman–Crippen MR) is 108 cm³/mol. The molecule has 1 saturated heterocycles. The maximum Gasteiger partial charge on any atom is 0.433 e. The van der Waals surface area contributed by atoms with E-state index in [2.05, 4.69) is 15.3 Å². The third-order valence-electron chi connectivity index (χ3n) is 5.28. The summed E-state index contributed by atoms with van der Waals surface area (Å²) in [5, 5.41) is 2.79. The number of anilines is 1. The lowest BCUT2D eigenvalue weighted by molar-refractivity contribution is -0.141. The van der Waals surface area contributed by atoms with Crippen molar-refractivity contribution in [1.82, 2.24) is 18.8 Å². The van der Waals surface area contributed by atoms with E-state index in [9.17, 15) is 26.0 Å². The summed E-state index contributed by atoms with van der Waals surface area (Å²) in [6, 6.07) is 7.44. The van der Waals surface area contributed by atoms with Crippen molar-refractivity contribution in [2.45, 2.75) is 23.2 Å². The molecule has 1 N–H and O–H groups in total. The molecule has 1 fully saturated rings. The molecule has 0 aliphatic carbocycles. The molecule has 0 unspecified atom stereocenters. The average molecular weight is 469 g/mol. The van der Waals surface area contributed by atoms with Crippen molar-refractivity contribution in [2.24, 2.45) is 7.05 Å². The fraction of sp³-hybridized carbons (Fsp3) is 0.300. The lowest BCUT2D eigenvalue weighted by atomic mass is 9.93. The molecule has 1 aromatic carbocycles. The van der Waals surface area contributed by atoms with E-state index in [1.54, 1.807) is 19.2 Å². The third-order valence-corrected chi connectivity index (χ3v) is 7.00. The summed E-state index contributed by atoms with van der Waals surface area (Å²) in [7, 11) is -2.35. The highest BCUT2D eigenvalue weighted by Crippen LogP contribution is 2.35. The van der Waals surface area contributed by atoms with E-state index >= 15 is 0 Å². The highest BCUT2D eigenvalue weighted by atomic mass is 32.2. The summed E-state index contributed by atoms with van der Waals surface area (Å²) in [6.45, 7) is -0.143. The van der Waals surface area contributed by atoms with Gasteiger partial charge in [0.25, 0.3) is 10.0 Å². The van der Waals surface area contributed by atoms with Gasteiger partial charge in [-0.1, -0.05) is 18.2 Å². The number of hydrogen-bond acceptors (Lipinski definition) is 5. The first-order valence-electron chi connectivity index (χ1n) is 9.58. The van der Waals surface area contributed by atoms with Gasteiger partial charge in [0, 0.05) is 50.2 Å². The minimum Gasteiger partial charge on any atom is -0.380 e. The van der Waals surface area contributed by atoms with Gasteiger partial charge in [0.15, 0.2) is 5.03 Å². The zero-order valence-electron chi connectivity index (χ0n) is 16.8. The number of hydrogen-bond donors (Lipinski definition) is 1. The predicted octanol–water partition coefficient (Wildman–Crippen LogP) is 3.24. The van der Waals surface area contributed by atoms with E-state index in [4.69, 9.17) is 0 Å². The first-order chi connectivity index (χ1) is 15.1. The van der Waals surface area contributed by atoms with Gasteiger partial charge in [0.2, 0.25) is 0 Å². The smallest absolute Gasteiger partial charge is 0.380 e. The molecule has 0 spiro atoms. The number of sulfonamides is 1. The number of nitrogens with one attached hydrogen (secondary N) is 1. The Balaban J connectivity index is 1.68. The van der Waals surface area contributed by atoms with Crippen molar-refractivity contribution in [1.29, 1.82) is 0 Å². The van der Waals surface area contributed by atoms with Gasteiger partial charge in [-0.3, -0.25) is 4.98 Å². The summed E-state index contributed by atoms with van der Waals surface area (Å²) in [5.41, 5.74) is -0.703.